The Morgan fingerprint density at radius 2 is 2.05 bits per heavy atom. The standard InChI is InChI=1S/C12H20N2O5S/c1-4-12(3,17)8-13-20(18,19)9-6-10(11(15)16)14(5-2)7-9/h6-7,13,17H,4-5,8H2,1-3H3,(H,15,16). The third-order valence-corrected chi connectivity index (χ3v) is 4.51. The molecule has 20 heavy (non-hydrogen) atoms. The fraction of sp³-hybridized carbons (Fsp3) is 0.583. The van der Waals surface area contributed by atoms with E-state index in [1.807, 2.05) is 0 Å². The van der Waals surface area contributed by atoms with Crippen LogP contribution in [-0.4, -0.2) is 41.3 Å². The summed E-state index contributed by atoms with van der Waals surface area (Å²) in [6, 6.07) is 1.11. The van der Waals surface area contributed by atoms with Crippen LogP contribution in [0.3, 0.4) is 0 Å². The number of sulfonamides is 1. The number of carboxylic acids is 1. The van der Waals surface area contributed by atoms with Crippen molar-refractivity contribution in [2.45, 2.75) is 44.2 Å². The Morgan fingerprint density at radius 3 is 2.45 bits per heavy atom. The van der Waals surface area contributed by atoms with Crippen molar-refractivity contribution in [2.75, 3.05) is 6.54 Å². The number of aliphatic hydroxyl groups is 1. The largest absolute Gasteiger partial charge is 0.477 e. The van der Waals surface area contributed by atoms with Crippen LogP contribution in [0.5, 0.6) is 0 Å². The Labute approximate surface area is 118 Å². The molecule has 1 atom stereocenters. The number of aromatic carboxylic acids is 1. The first kappa shape index (κ1) is 16.7. The van der Waals surface area contributed by atoms with Crippen molar-refractivity contribution in [1.82, 2.24) is 9.29 Å². The maximum Gasteiger partial charge on any atom is 0.352 e. The van der Waals surface area contributed by atoms with Crippen LogP contribution in [-0.2, 0) is 16.6 Å². The molecule has 0 aromatic carbocycles. The highest BCUT2D eigenvalue weighted by Crippen LogP contribution is 2.16. The topological polar surface area (TPSA) is 109 Å². The molecule has 0 fully saturated rings. The second-order valence-electron chi connectivity index (χ2n) is 4.83. The zero-order valence-electron chi connectivity index (χ0n) is 11.8. The Balaban J connectivity index is 3.02. The van der Waals surface area contributed by atoms with Crippen molar-refractivity contribution in [3.05, 3.63) is 18.0 Å². The van der Waals surface area contributed by atoms with Crippen LogP contribution in [0.25, 0.3) is 0 Å². The van der Waals surface area contributed by atoms with Gasteiger partial charge in [-0.25, -0.2) is 17.9 Å². The number of aryl methyl sites for hydroxylation is 1. The molecule has 0 spiro atoms. The van der Waals surface area contributed by atoms with E-state index in [0.29, 0.717) is 13.0 Å². The monoisotopic (exact) mass is 304 g/mol. The molecule has 8 heteroatoms. The van der Waals surface area contributed by atoms with Crippen molar-refractivity contribution in [3.8, 4) is 0 Å². The number of aromatic nitrogens is 1. The fourth-order valence-electron chi connectivity index (χ4n) is 1.53. The molecule has 114 valence electrons. The summed E-state index contributed by atoms with van der Waals surface area (Å²) in [4.78, 5) is 10.9. The summed E-state index contributed by atoms with van der Waals surface area (Å²) < 4.78 is 27.8. The van der Waals surface area contributed by atoms with Crippen LogP contribution < -0.4 is 4.72 Å². The first-order chi connectivity index (χ1) is 9.13. The number of hydrogen-bond donors (Lipinski definition) is 3. The van der Waals surface area contributed by atoms with Gasteiger partial charge in [0.2, 0.25) is 10.0 Å². The molecule has 0 bridgehead atoms. The zero-order chi connectivity index (χ0) is 15.6. The molecule has 1 unspecified atom stereocenters. The smallest absolute Gasteiger partial charge is 0.352 e. The summed E-state index contributed by atoms with van der Waals surface area (Å²) in [7, 11) is -3.84. The van der Waals surface area contributed by atoms with E-state index >= 15 is 0 Å². The molecule has 0 radical (unpaired) electrons. The van der Waals surface area contributed by atoms with Crippen LogP contribution in [0, 0.1) is 0 Å². The molecule has 0 aliphatic carbocycles. The fourth-order valence-corrected chi connectivity index (χ4v) is 2.73. The van der Waals surface area contributed by atoms with Gasteiger partial charge in [-0.2, -0.15) is 0 Å². The van der Waals surface area contributed by atoms with Crippen molar-refractivity contribution >= 4 is 16.0 Å². The maximum atomic E-state index is 12.1. The van der Waals surface area contributed by atoms with Crippen molar-refractivity contribution in [3.63, 3.8) is 0 Å². The third kappa shape index (κ3) is 3.81. The molecular formula is C12H20N2O5S. The van der Waals surface area contributed by atoms with E-state index in [9.17, 15) is 18.3 Å². The normalized spacial score (nSPS) is 15.0. The van der Waals surface area contributed by atoms with Crippen molar-refractivity contribution < 1.29 is 23.4 Å². The van der Waals surface area contributed by atoms with Gasteiger partial charge in [0, 0.05) is 19.3 Å². The summed E-state index contributed by atoms with van der Waals surface area (Å²) in [6.45, 7) is 5.20. The van der Waals surface area contributed by atoms with Gasteiger partial charge in [0.25, 0.3) is 0 Å². The highest BCUT2D eigenvalue weighted by molar-refractivity contribution is 7.89. The average Bonchev–Trinajstić information content (AvgIpc) is 2.82. The highest BCUT2D eigenvalue weighted by atomic mass is 32.2. The lowest BCUT2D eigenvalue weighted by molar-refractivity contribution is 0.0613. The highest BCUT2D eigenvalue weighted by Gasteiger charge is 2.25. The number of hydrogen-bond acceptors (Lipinski definition) is 4. The number of carbonyl (C=O) groups is 1. The number of nitrogens with zero attached hydrogens (tertiary/aromatic N) is 1. The summed E-state index contributed by atoms with van der Waals surface area (Å²) in [5, 5.41) is 18.8. The van der Waals surface area contributed by atoms with E-state index in [1.165, 1.54) is 17.7 Å². The van der Waals surface area contributed by atoms with Crippen LogP contribution >= 0.6 is 0 Å². The first-order valence-electron chi connectivity index (χ1n) is 6.28. The molecule has 3 N–H and O–H groups in total. The summed E-state index contributed by atoms with van der Waals surface area (Å²) in [5.41, 5.74) is -1.23. The molecular weight excluding hydrogens is 284 g/mol. The van der Waals surface area contributed by atoms with E-state index in [0.717, 1.165) is 6.07 Å². The maximum absolute atomic E-state index is 12.1. The summed E-state index contributed by atoms with van der Waals surface area (Å²) >= 11 is 0. The van der Waals surface area contributed by atoms with E-state index in [2.05, 4.69) is 4.72 Å². The lowest BCUT2D eigenvalue weighted by Gasteiger charge is -2.21. The minimum absolute atomic E-state index is 0.0878. The first-order valence-corrected chi connectivity index (χ1v) is 7.77. The molecule has 7 nitrogen and oxygen atoms in total. The molecule has 0 saturated heterocycles. The van der Waals surface area contributed by atoms with Gasteiger partial charge >= 0.3 is 5.97 Å². The summed E-state index contributed by atoms with van der Waals surface area (Å²) in [6.07, 6.45) is 1.66. The Kier molecular flexibility index (Phi) is 4.95. The Hall–Kier alpha value is -1.38. The molecule has 0 amide bonds. The van der Waals surface area contributed by atoms with Gasteiger partial charge in [0.1, 0.15) is 10.6 Å². The second-order valence-corrected chi connectivity index (χ2v) is 6.59. The van der Waals surface area contributed by atoms with Gasteiger partial charge in [-0.05, 0) is 26.3 Å². The van der Waals surface area contributed by atoms with Crippen LogP contribution in [0.15, 0.2) is 17.2 Å². The Morgan fingerprint density at radius 1 is 1.45 bits per heavy atom. The predicted molar refractivity (Wildman–Crippen MR) is 73.2 cm³/mol. The van der Waals surface area contributed by atoms with E-state index < -0.39 is 21.6 Å². The minimum atomic E-state index is -3.84. The van der Waals surface area contributed by atoms with Crippen LogP contribution in [0.4, 0.5) is 0 Å². The molecule has 0 saturated carbocycles. The molecule has 1 heterocycles. The number of rotatable bonds is 7. The predicted octanol–water partition coefficient (Wildman–Crippen LogP) is 0.645. The van der Waals surface area contributed by atoms with E-state index in [1.54, 1.807) is 13.8 Å². The van der Waals surface area contributed by atoms with Gasteiger partial charge in [-0.15, -0.1) is 0 Å². The third-order valence-electron chi connectivity index (χ3n) is 3.15. The molecule has 1 aromatic rings. The van der Waals surface area contributed by atoms with Crippen molar-refractivity contribution in [1.29, 1.82) is 0 Å². The second kappa shape index (κ2) is 5.94. The Bertz CT molecular complexity index is 589. The van der Waals surface area contributed by atoms with Crippen molar-refractivity contribution in [2.24, 2.45) is 0 Å². The van der Waals surface area contributed by atoms with Gasteiger partial charge in [-0.1, -0.05) is 6.92 Å². The molecule has 1 rings (SSSR count). The molecule has 1 aromatic heterocycles. The lowest BCUT2D eigenvalue weighted by Crippen LogP contribution is -2.39. The van der Waals surface area contributed by atoms with Gasteiger partial charge in [-0.3, -0.25) is 0 Å². The van der Waals surface area contributed by atoms with E-state index in [-0.39, 0.29) is 17.1 Å². The lowest BCUT2D eigenvalue weighted by atomic mass is 10.1. The summed E-state index contributed by atoms with van der Waals surface area (Å²) in [5.74, 6) is -1.19. The SMILES string of the molecule is CCn1cc(S(=O)(=O)NCC(C)(O)CC)cc1C(=O)O. The van der Waals surface area contributed by atoms with Gasteiger partial charge in [0.15, 0.2) is 0 Å². The van der Waals surface area contributed by atoms with Crippen LogP contribution in [0.2, 0.25) is 0 Å². The minimum Gasteiger partial charge on any atom is -0.477 e. The van der Waals surface area contributed by atoms with Crippen LogP contribution in [0.1, 0.15) is 37.7 Å². The number of nitrogens with one attached hydrogen (secondary N) is 1. The quantitative estimate of drug-likeness (QED) is 0.685. The molecule has 0 aliphatic heterocycles. The van der Waals surface area contributed by atoms with E-state index in [4.69, 9.17) is 5.11 Å². The van der Waals surface area contributed by atoms with Gasteiger partial charge in [0.05, 0.1) is 5.60 Å². The average molecular weight is 304 g/mol. The molecule has 0 aliphatic rings. The number of carboxylic acid groups (broad SMARTS) is 1. The zero-order valence-corrected chi connectivity index (χ0v) is 12.6. The van der Waals surface area contributed by atoms with Gasteiger partial charge < -0.3 is 14.8 Å².